The van der Waals surface area contributed by atoms with Crippen LogP contribution < -0.4 is 0 Å². The molecule has 0 aliphatic carbocycles. The van der Waals surface area contributed by atoms with Gasteiger partial charge in [-0.15, -0.1) is 0 Å². The van der Waals surface area contributed by atoms with Crippen molar-refractivity contribution in [1.29, 1.82) is 0 Å². The number of nitrogens with zero attached hydrogens (tertiary/aromatic N) is 4. The van der Waals surface area contributed by atoms with Gasteiger partial charge in [-0.25, -0.2) is 20.0 Å². The van der Waals surface area contributed by atoms with Gasteiger partial charge >= 0.3 is 0 Å². The largest absolute Gasteiger partial charge is 0.246 e. The smallest absolute Gasteiger partial charge is 0.0871 e. The number of fused-ring (bicyclic) bond motifs is 4. The van der Waals surface area contributed by atoms with Crippen molar-refractivity contribution in [2.45, 2.75) is 0 Å². The van der Waals surface area contributed by atoms with E-state index >= 15 is 0 Å². The van der Waals surface area contributed by atoms with Gasteiger partial charge in [-0.1, -0.05) is 92.8 Å². The zero-order chi connectivity index (χ0) is 22.9. The average molecular weight is 584 g/mol. The summed E-state index contributed by atoms with van der Waals surface area (Å²) in [7, 11) is 0. The van der Waals surface area contributed by atoms with Crippen LogP contribution in [-0.4, -0.2) is 22.8 Å². The first-order valence-corrected chi connectivity index (χ1v) is 11.6. The summed E-state index contributed by atoms with van der Waals surface area (Å²) in [6, 6.07) is 0. The van der Waals surface area contributed by atoms with Gasteiger partial charge in [-0.3, -0.25) is 0 Å². The van der Waals surface area contributed by atoms with E-state index in [1.807, 2.05) is 0 Å². The monoisotopic (exact) mass is 580 g/mol. The first-order chi connectivity index (χ1) is 15.2. The van der Waals surface area contributed by atoms with E-state index < -0.39 is 0 Å². The normalized spacial score (nSPS) is 22.8. The van der Waals surface area contributed by atoms with Crippen LogP contribution in [0, 0.1) is 0 Å². The number of halogens is 8. The van der Waals surface area contributed by atoms with Crippen LogP contribution in [0.3, 0.4) is 0 Å². The lowest BCUT2D eigenvalue weighted by Crippen LogP contribution is -1.93. The lowest BCUT2D eigenvalue weighted by atomic mass is 10.2. The molecule has 5 rings (SSSR count). The molecular weight excluding hydrogens is 580 g/mol. The second-order valence-electron chi connectivity index (χ2n) is 6.62. The molecular formula is C20H4Cl8N4. The molecule has 8 bridgehead atoms. The maximum atomic E-state index is 6.39. The van der Waals surface area contributed by atoms with E-state index in [1.54, 1.807) is 24.3 Å². The highest BCUT2D eigenvalue weighted by Crippen LogP contribution is 2.40. The van der Waals surface area contributed by atoms with Crippen LogP contribution in [0.2, 0.25) is 0 Å². The van der Waals surface area contributed by atoms with E-state index in [1.165, 1.54) is 0 Å². The highest BCUT2D eigenvalue weighted by atomic mass is 35.5. The van der Waals surface area contributed by atoms with E-state index in [-0.39, 0.29) is 40.3 Å². The summed E-state index contributed by atoms with van der Waals surface area (Å²) in [5.74, 6) is 0. The van der Waals surface area contributed by atoms with Crippen LogP contribution >= 0.6 is 92.8 Å². The molecule has 4 nitrogen and oxygen atoms in total. The Labute approximate surface area is 221 Å². The maximum absolute atomic E-state index is 6.39. The molecule has 12 heteroatoms. The van der Waals surface area contributed by atoms with E-state index in [9.17, 15) is 0 Å². The van der Waals surface area contributed by atoms with Crippen LogP contribution in [0.5, 0.6) is 0 Å². The van der Waals surface area contributed by atoms with Crippen molar-refractivity contribution in [1.82, 2.24) is 0 Å². The van der Waals surface area contributed by atoms with Crippen molar-refractivity contribution in [3.63, 3.8) is 0 Å². The summed E-state index contributed by atoms with van der Waals surface area (Å²) in [6.07, 6.45) is 6.25. The molecule has 0 aromatic carbocycles. The Bertz CT molecular complexity index is 1190. The molecule has 0 saturated carbocycles. The molecule has 0 radical (unpaired) electrons. The molecule has 0 aromatic heterocycles. The summed E-state index contributed by atoms with van der Waals surface area (Å²) < 4.78 is 0. The van der Waals surface area contributed by atoms with Gasteiger partial charge < -0.3 is 0 Å². The highest BCUT2D eigenvalue weighted by Gasteiger charge is 2.29. The standard InChI is InChI=1S/C20H4Cl8N4/c21-13-5-1-6-14(22)16(24)8(30-6)3-10-18(26)20(28)12(32-10)4-11-19(27)17(25)9(31-11)2-7(29-5)15(13)23/h1-4H. The molecule has 5 heterocycles. The first-order valence-electron chi connectivity index (χ1n) is 8.61. The Kier molecular flexibility index (Phi) is 5.89. The van der Waals surface area contributed by atoms with E-state index in [0.717, 1.165) is 0 Å². The third-order valence-electron chi connectivity index (χ3n) is 4.63. The average Bonchev–Trinajstić information content (AvgIpc) is 3.37. The quantitative estimate of drug-likeness (QED) is 0.277. The molecule has 0 saturated heterocycles. The number of aliphatic imine (C=N–C) groups is 4. The fourth-order valence-corrected chi connectivity index (χ4v) is 4.64. The van der Waals surface area contributed by atoms with Crippen molar-refractivity contribution in [3.8, 4) is 0 Å². The summed E-state index contributed by atoms with van der Waals surface area (Å²) in [5.41, 5.74) is 2.73. The van der Waals surface area contributed by atoms with Crippen LogP contribution in [-0.2, 0) is 0 Å². The minimum Gasteiger partial charge on any atom is -0.246 e. The summed E-state index contributed by atoms with van der Waals surface area (Å²) in [5, 5.41) is 1.67. The Morgan fingerprint density at radius 3 is 0.688 bits per heavy atom. The van der Waals surface area contributed by atoms with Gasteiger partial charge in [0.05, 0.1) is 85.9 Å². The minimum absolute atomic E-state index is 0.209. The predicted molar refractivity (Wildman–Crippen MR) is 137 cm³/mol. The zero-order valence-electron chi connectivity index (χ0n) is 15.1. The second-order valence-corrected chi connectivity index (χ2v) is 9.64. The van der Waals surface area contributed by atoms with E-state index in [2.05, 4.69) is 20.0 Å². The molecule has 0 amide bonds. The van der Waals surface area contributed by atoms with Crippen LogP contribution in [0.4, 0.5) is 0 Å². The van der Waals surface area contributed by atoms with Crippen molar-refractivity contribution >= 4 is 116 Å². The Hall–Kier alpha value is -1.08. The maximum Gasteiger partial charge on any atom is 0.0871 e. The summed E-state index contributed by atoms with van der Waals surface area (Å²) in [6.45, 7) is 0. The molecule has 0 spiro atoms. The zero-order valence-corrected chi connectivity index (χ0v) is 21.2. The number of hydrogen-bond donors (Lipinski definition) is 0. The topological polar surface area (TPSA) is 49.4 Å². The molecule has 5 aliphatic heterocycles. The molecule has 0 unspecified atom stereocenters. The fourth-order valence-electron chi connectivity index (χ4n) is 3.09. The summed E-state index contributed by atoms with van der Waals surface area (Å²) in [4.78, 5) is 17.8. The van der Waals surface area contributed by atoms with Crippen LogP contribution in [0.15, 0.2) is 107 Å². The first kappa shape index (κ1) is 22.7. The third-order valence-corrected chi connectivity index (χ3v) is 8.08. The van der Waals surface area contributed by atoms with Gasteiger partial charge in [0, 0.05) is 0 Å². The highest BCUT2D eigenvalue weighted by molar-refractivity contribution is 6.57. The Balaban J connectivity index is 1.79. The van der Waals surface area contributed by atoms with Crippen molar-refractivity contribution in [2.24, 2.45) is 20.0 Å². The third kappa shape index (κ3) is 3.62. The fraction of sp³-hybridized carbons (Fsp3) is 0. The number of rotatable bonds is 0. The van der Waals surface area contributed by atoms with Gasteiger partial charge in [0.2, 0.25) is 0 Å². The Morgan fingerprint density at radius 2 is 0.500 bits per heavy atom. The van der Waals surface area contributed by atoms with Gasteiger partial charge in [0.25, 0.3) is 0 Å². The molecule has 0 atom stereocenters. The Morgan fingerprint density at radius 1 is 0.312 bits per heavy atom. The number of hydrogen-bond acceptors (Lipinski definition) is 4. The molecule has 0 aromatic rings. The SMILES string of the molecule is ClC1=C(Cl)C2=NC1=CC1=NC(=CC3=NC(=CC4=NC(=C2)C(Cl)=C4Cl)C(Cl)=C3Cl)C(Cl)=C1Cl. The second kappa shape index (κ2) is 8.30. The molecule has 160 valence electrons. The van der Waals surface area contributed by atoms with Gasteiger partial charge in [0.15, 0.2) is 0 Å². The number of allylic oxidation sites excluding steroid dienone is 12. The molecule has 0 fully saturated rings. The molecule has 0 N–H and O–H groups in total. The van der Waals surface area contributed by atoms with Crippen LogP contribution in [0.1, 0.15) is 0 Å². The van der Waals surface area contributed by atoms with Gasteiger partial charge in [0.1, 0.15) is 0 Å². The van der Waals surface area contributed by atoms with Crippen LogP contribution in [0.25, 0.3) is 0 Å². The van der Waals surface area contributed by atoms with Crippen molar-refractivity contribution < 1.29 is 0 Å². The lowest BCUT2D eigenvalue weighted by molar-refractivity contribution is 1.40. The van der Waals surface area contributed by atoms with Gasteiger partial charge in [-0.2, -0.15) is 0 Å². The van der Waals surface area contributed by atoms with Crippen molar-refractivity contribution in [2.75, 3.05) is 0 Å². The minimum atomic E-state index is 0.209. The lowest BCUT2D eigenvalue weighted by Gasteiger charge is -1.96. The molecule has 32 heavy (non-hydrogen) atoms. The van der Waals surface area contributed by atoms with E-state index in [0.29, 0.717) is 45.6 Å². The van der Waals surface area contributed by atoms with Crippen molar-refractivity contribution in [3.05, 3.63) is 87.4 Å². The predicted octanol–water partition coefficient (Wildman–Crippen LogP) is 8.11. The van der Waals surface area contributed by atoms with E-state index in [4.69, 9.17) is 92.8 Å². The summed E-state index contributed by atoms with van der Waals surface area (Å²) >= 11 is 51.1. The molecule has 5 aliphatic rings. The van der Waals surface area contributed by atoms with Gasteiger partial charge in [-0.05, 0) is 24.3 Å².